The summed E-state index contributed by atoms with van der Waals surface area (Å²) in [6.45, 7) is 0. The number of hydrogen-bond donors (Lipinski definition) is 0. The van der Waals surface area contributed by atoms with Gasteiger partial charge in [-0.05, 0) is 73.1 Å². The molecule has 5 nitrogen and oxygen atoms in total. The second kappa shape index (κ2) is 6.75. The quantitative estimate of drug-likeness (QED) is 0.397. The molecule has 1 aromatic carbocycles. The highest BCUT2D eigenvalue weighted by molar-refractivity contribution is 7.87. The van der Waals surface area contributed by atoms with Crippen molar-refractivity contribution < 1.29 is 35.3 Å². The number of allylic oxidation sites excluding steroid dienone is 1. The van der Waals surface area contributed by atoms with Gasteiger partial charge in [-0.1, -0.05) is 12.5 Å². The van der Waals surface area contributed by atoms with Crippen molar-refractivity contribution in [1.29, 1.82) is 0 Å². The highest BCUT2D eigenvalue weighted by Gasteiger charge is 2.60. The molecule has 0 radical (unpaired) electrons. The lowest BCUT2D eigenvalue weighted by atomic mass is 9.88. The summed E-state index contributed by atoms with van der Waals surface area (Å²) in [6, 6.07) is 4.44. The molecule has 2 unspecified atom stereocenters. The summed E-state index contributed by atoms with van der Waals surface area (Å²) in [4.78, 5) is 11.8. The third kappa shape index (κ3) is 3.33. The second-order valence-electron chi connectivity index (χ2n) is 7.96. The molecule has 158 valence electrons. The summed E-state index contributed by atoms with van der Waals surface area (Å²) < 4.78 is 72.6. The maximum absolute atomic E-state index is 13.1. The Morgan fingerprint density at radius 2 is 1.97 bits per heavy atom. The zero-order chi connectivity index (χ0) is 21.0. The van der Waals surface area contributed by atoms with Gasteiger partial charge in [0.2, 0.25) is 0 Å². The number of alkyl halides is 3. The fourth-order valence-corrected chi connectivity index (χ4v) is 5.48. The first-order valence-corrected chi connectivity index (χ1v) is 11.0. The van der Waals surface area contributed by atoms with Gasteiger partial charge in [0.15, 0.2) is 0 Å². The van der Waals surface area contributed by atoms with E-state index in [1.165, 1.54) is 19.2 Å². The van der Waals surface area contributed by atoms with E-state index >= 15 is 0 Å². The van der Waals surface area contributed by atoms with E-state index in [1.807, 2.05) is 0 Å². The number of aryl methyl sites for hydroxylation is 1. The van der Waals surface area contributed by atoms with Gasteiger partial charge in [-0.15, -0.1) is 0 Å². The molecule has 0 amide bonds. The first-order chi connectivity index (χ1) is 13.6. The standard InChI is InChI=1S/C20H21F3O5S/c1-27-18(24)13-7-8-15-12(10-13)4-2-6-16(19-9-3-5-14(19)11-19)17(15)28-29(25,26)20(21,22)23/h7-8,10,14H,2-6,9,11H2,1H3. The molecule has 1 aromatic rings. The first-order valence-electron chi connectivity index (χ1n) is 9.55. The maximum atomic E-state index is 13.1. The lowest BCUT2D eigenvalue weighted by Gasteiger charge is -2.22. The van der Waals surface area contributed by atoms with Crippen LogP contribution in [0, 0.1) is 11.3 Å². The molecular formula is C20H21F3O5S. The average molecular weight is 430 g/mol. The molecule has 0 N–H and O–H groups in total. The number of hydrogen-bond acceptors (Lipinski definition) is 5. The minimum absolute atomic E-state index is 0.198. The van der Waals surface area contributed by atoms with E-state index in [1.54, 1.807) is 6.07 Å². The summed E-state index contributed by atoms with van der Waals surface area (Å²) in [5, 5.41) is 0. The molecule has 3 aliphatic rings. The second-order valence-corrected chi connectivity index (χ2v) is 9.50. The summed E-state index contributed by atoms with van der Waals surface area (Å²) in [6.07, 6.45) is 5.28. The van der Waals surface area contributed by atoms with E-state index in [-0.39, 0.29) is 16.7 Å². The van der Waals surface area contributed by atoms with Gasteiger partial charge in [-0.2, -0.15) is 21.6 Å². The van der Waals surface area contributed by atoms with Crippen LogP contribution in [0.4, 0.5) is 13.2 Å². The Morgan fingerprint density at radius 1 is 1.21 bits per heavy atom. The number of ether oxygens (including phenoxy) is 1. The topological polar surface area (TPSA) is 69.7 Å². The third-order valence-corrected chi connectivity index (χ3v) is 7.36. The van der Waals surface area contributed by atoms with Gasteiger partial charge in [-0.3, -0.25) is 0 Å². The minimum Gasteiger partial charge on any atom is -0.465 e. The number of halogens is 3. The predicted molar refractivity (Wildman–Crippen MR) is 98.1 cm³/mol. The van der Waals surface area contributed by atoms with Crippen molar-refractivity contribution in [3.63, 3.8) is 0 Å². The lowest BCUT2D eigenvalue weighted by molar-refractivity contribution is -0.0510. The SMILES string of the molecule is COC(=O)c1ccc2c(c1)CCCC(C13CCCC1C3)=C2OS(=O)(=O)C(F)(F)F. The van der Waals surface area contributed by atoms with Crippen LogP contribution in [0.3, 0.4) is 0 Å². The number of esters is 1. The predicted octanol–water partition coefficient (Wildman–Crippen LogP) is 4.58. The van der Waals surface area contributed by atoms with E-state index in [0.717, 1.165) is 25.7 Å². The van der Waals surface area contributed by atoms with Gasteiger partial charge in [0, 0.05) is 5.56 Å². The molecule has 0 bridgehead atoms. The first kappa shape index (κ1) is 20.3. The smallest absolute Gasteiger partial charge is 0.465 e. The Kier molecular flexibility index (Phi) is 4.72. The molecule has 0 aliphatic heterocycles. The molecule has 2 saturated carbocycles. The molecule has 29 heavy (non-hydrogen) atoms. The molecule has 0 saturated heterocycles. The van der Waals surface area contributed by atoms with E-state index in [4.69, 9.17) is 8.92 Å². The van der Waals surface area contributed by atoms with Gasteiger partial charge < -0.3 is 8.92 Å². The van der Waals surface area contributed by atoms with Crippen LogP contribution >= 0.6 is 0 Å². The van der Waals surface area contributed by atoms with E-state index in [0.29, 0.717) is 41.9 Å². The fourth-order valence-electron chi connectivity index (χ4n) is 4.98. The van der Waals surface area contributed by atoms with Crippen molar-refractivity contribution in [3.8, 4) is 0 Å². The summed E-state index contributed by atoms with van der Waals surface area (Å²) in [5.74, 6) is -0.389. The van der Waals surface area contributed by atoms with E-state index in [9.17, 15) is 26.4 Å². The van der Waals surface area contributed by atoms with Crippen LogP contribution < -0.4 is 0 Å². The number of fused-ring (bicyclic) bond motifs is 2. The number of carbonyl (C=O) groups excluding carboxylic acids is 1. The average Bonchev–Trinajstić information content (AvgIpc) is 3.27. The van der Waals surface area contributed by atoms with E-state index < -0.39 is 21.6 Å². The van der Waals surface area contributed by atoms with E-state index in [2.05, 4.69) is 0 Å². The molecule has 2 atom stereocenters. The van der Waals surface area contributed by atoms with Gasteiger partial charge >= 0.3 is 21.6 Å². The number of benzene rings is 1. The summed E-state index contributed by atoms with van der Waals surface area (Å²) in [7, 11) is -4.57. The third-order valence-electron chi connectivity index (χ3n) is 6.40. The van der Waals surface area contributed by atoms with Crippen LogP contribution in [0.15, 0.2) is 23.8 Å². The summed E-state index contributed by atoms with van der Waals surface area (Å²) >= 11 is 0. The van der Waals surface area contributed by atoms with Gasteiger partial charge in [0.25, 0.3) is 0 Å². The number of rotatable bonds is 4. The number of carbonyl (C=O) groups is 1. The van der Waals surface area contributed by atoms with Gasteiger partial charge in [-0.25, -0.2) is 4.79 Å². The molecule has 4 rings (SSSR count). The van der Waals surface area contributed by atoms with Crippen LogP contribution in [0.2, 0.25) is 0 Å². The Morgan fingerprint density at radius 3 is 2.55 bits per heavy atom. The van der Waals surface area contributed by atoms with Crippen molar-refractivity contribution in [2.45, 2.75) is 50.5 Å². The van der Waals surface area contributed by atoms with Crippen LogP contribution in [-0.2, 0) is 25.5 Å². The Hall–Kier alpha value is -2.03. The summed E-state index contributed by atoms with van der Waals surface area (Å²) in [5.41, 5.74) is -3.93. The Balaban J connectivity index is 1.87. The molecule has 0 heterocycles. The van der Waals surface area contributed by atoms with Crippen molar-refractivity contribution in [3.05, 3.63) is 40.5 Å². The zero-order valence-electron chi connectivity index (χ0n) is 15.8. The van der Waals surface area contributed by atoms with Crippen LogP contribution in [0.25, 0.3) is 5.76 Å². The molecule has 9 heteroatoms. The molecular weight excluding hydrogens is 409 g/mol. The fraction of sp³-hybridized carbons (Fsp3) is 0.550. The highest BCUT2D eigenvalue weighted by Crippen LogP contribution is 2.69. The number of methoxy groups -OCH3 is 1. The molecule has 3 aliphatic carbocycles. The minimum atomic E-state index is -5.81. The van der Waals surface area contributed by atoms with Crippen molar-refractivity contribution in [2.75, 3.05) is 7.11 Å². The van der Waals surface area contributed by atoms with Crippen molar-refractivity contribution in [2.24, 2.45) is 11.3 Å². The van der Waals surface area contributed by atoms with Crippen molar-refractivity contribution in [1.82, 2.24) is 0 Å². The largest absolute Gasteiger partial charge is 0.534 e. The molecule has 0 spiro atoms. The van der Waals surface area contributed by atoms with Crippen LogP contribution in [0.5, 0.6) is 0 Å². The van der Waals surface area contributed by atoms with Crippen molar-refractivity contribution >= 4 is 21.8 Å². The zero-order valence-corrected chi connectivity index (χ0v) is 16.7. The molecule has 2 fully saturated rings. The van der Waals surface area contributed by atoms with Gasteiger partial charge in [0.1, 0.15) is 5.76 Å². The maximum Gasteiger partial charge on any atom is 0.534 e. The van der Waals surface area contributed by atoms with Crippen LogP contribution in [-0.4, -0.2) is 27.0 Å². The van der Waals surface area contributed by atoms with Gasteiger partial charge in [0.05, 0.1) is 12.7 Å². The normalized spacial score (nSPS) is 26.4. The molecule has 0 aromatic heterocycles. The monoisotopic (exact) mass is 430 g/mol. The highest BCUT2D eigenvalue weighted by atomic mass is 32.2. The Labute approximate surface area is 167 Å². The lowest BCUT2D eigenvalue weighted by Crippen LogP contribution is -2.26. The van der Waals surface area contributed by atoms with Crippen LogP contribution in [0.1, 0.15) is 60.0 Å². The Bertz CT molecular complexity index is 996.